The summed E-state index contributed by atoms with van der Waals surface area (Å²) in [6, 6.07) is 0. The van der Waals surface area contributed by atoms with Gasteiger partial charge in [-0.2, -0.15) is 0 Å². The standard InChI is InChI=1S/C10H21N/c1-4-6-11(3)8-10-7-9(10)5-2/h9-10H,4-8H2,1-3H3. The third-order valence-corrected chi connectivity index (χ3v) is 2.74. The average molecular weight is 155 g/mol. The molecule has 0 aromatic heterocycles. The third-order valence-electron chi connectivity index (χ3n) is 2.74. The fourth-order valence-corrected chi connectivity index (χ4v) is 1.91. The first-order valence-corrected chi connectivity index (χ1v) is 4.96. The molecule has 1 heteroatoms. The predicted molar refractivity (Wildman–Crippen MR) is 49.7 cm³/mol. The van der Waals surface area contributed by atoms with Gasteiger partial charge in [0.2, 0.25) is 0 Å². The van der Waals surface area contributed by atoms with Gasteiger partial charge in [0.1, 0.15) is 0 Å². The molecule has 0 saturated heterocycles. The van der Waals surface area contributed by atoms with Crippen LogP contribution in [-0.2, 0) is 0 Å². The Labute approximate surface area is 70.8 Å². The van der Waals surface area contributed by atoms with Crippen LogP contribution in [0, 0.1) is 11.8 Å². The van der Waals surface area contributed by atoms with E-state index in [0.717, 1.165) is 11.8 Å². The molecule has 11 heavy (non-hydrogen) atoms. The van der Waals surface area contributed by atoms with Crippen LogP contribution >= 0.6 is 0 Å². The first kappa shape index (κ1) is 9.05. The normalized spacial score (nSPS) is 29.5. The molecule has 0 amide bonds. The summed E-state index contributed by atoms with van der Waals surface area (Å²) < 4.78 is 0. The van der Waals surface area contributed by atoms with E-state index in [2.05, 4.69) is 25.8 Å². The Morgan fingerprint density at radius 2 is 2.00 bits per heavy atom. The summed E-state index contributed by atoms with van der Waals surface area (Å²) in [6.07, 6.45) is 4.18. The molecule has 0 radical (unpaired) electrons. The first-order chi connectivity index (χ1) is 5.27. The van der Waals surface area contributed by atoms with Gasteiger partial charge in [0.25, 0.3) is 0 Å². The Bertz CT molecular complexity index is 111. The van der Waals surface area contributed by atoms with Crippen molar-refractivity contribution in [1.82, 2.24) is 4.90 Å². The van der Waals surface area contributed by atoms with Crippen LogP contribution < -0.4 is 0 Å². The Morgan fingerprint density at radius 1 is 1.27 bits per heavy atom. The van der Waals surface area contributed by atoms with E-state index in [1.54, 1.807) is 0 Å². The molecule has 1 rings (SSSR count). The molecule has 0 spiro atoms. The Morgan fingerprint density at radius 3 is 2.45 bits per heavy atom. The number of hydrogen-bond donors (Lipinski definition) is 0. The van der Waals surface area contributed by atoms with Crippen molar-refractivity contribution in [3.8, 4) is 0 Å². The highest BCUT2D eigenvalue weighted by Gasteiger charge is 2.35. The van der Waals surface area contributed by atoms with Gasteiger partial charge >= 0.3 is 0 Å². The van der Waals surface area contributed by atoms with Crippen molar-refractivity contribution in [2.45, 2.75) is 33.1 Å². The highest BCUT2D eigenvalue weighted by Crippen LogP contribution is 2.41. The van der Waals surface area contributed by atoms with Crippen LogP contribution in [0.15, 0.2) is 0 Å². The molecule has 0 N–H and O–H groups in total. The minimum absolute atomic E-state index is 1.04. The van der Waals surface area contributed by atoms with Gasteiger partial charge in [-0.25, -0.2) is 0 Å². The third kappa shape index (κ3) is 2.82. The van der Waals surface area contributed by atoms with E-state index in [-0.39, 0.29) is 0 Å². The van der Waals surface area contributed by atoms with Gasteiger partial charge in [0.15, 0.2) is 0 Å². The lowest BCUT2D eigenvalue weighted by Gasteiger charge is -2.14. The van der Waals surface area contributed by atoms with Crippen molar-refractivity contribution in [3.05, 3.63) is 0 Å². The zero-order valence-corrected chi connectivity index (χ0v) is 8.14. The minimum Gasteiger partial charge on any atom is -0.306 e. The zero-order chi connectivity index (χ0) is 8.27. The van der Waals surface area contributed by atoms with E-state index in [4.69, 9.17) is 0 Å². The van der Waals surface area contributed by atoms with Gasteiger partial charge in [-0.1, -0.05) is 20.3 Å². The average Bonchev–Trinajstić information content (AvgIpc) is 2.68. The van der Waals surface area contributed by atoms with Crippen LogP contribution in [0.5, 0.6) is 0 Å². The van der Waals surface area contributed by atoms with Crippen molar-refractivity contribution in [2.24, 2.45) is 11.8 Å². The molecule has 1 saturated carbocycles. The quantitative estimate of drug-likeness (QED) is 0.589. The smallest absolute Gasteiger partial charge is 0.000936 e. The molecule has 1 fully saturated rings. The van der Waals surface area contributed by atoms with Crippen LogP contribution in [0.1, 0.15) is 33.1 Å². The van der Waals surface area contributed by atoms with Gasteiger partial charge in [0.05, 0.1) is 0 Å². The van der Waals surface area contributed by atoms with Crippen molar-refractivity contribution in [1.29, 1.82) is 0 Å². The summed E-state index contributed by atoms with van der Waals surface area (Å²) >= 11 is 0. The van der Waals surface area contributed by atoms with Gasteiger partial charge in [-0.3, -0.25) is 0 Å². The highest BCUT2D eigenvalue weighted by molar-refractivity contribution is 4.86. The van der Waals surface area contributed by atoms with Gasteiger partial charge in [-0.15, -0.1) is 0 Å². The monoisotopic (exact) mass is 155 g/mol. The summed E-state index contributed by atoms with van der Waals surface area (Å²) in [6.45, 7) is 7.17. The van der Waals surface area contributed by atoms with E-state index >= 15 is 0 Å². The van der Waals surface area contributed by atoms with E-state index in [1.165, 1.54) is 32.4 Å². The fourth-order valence-electron chi connectivity index (χ4n) is 1.91. The first-order valence-electron chi connectivity index (χ1n) is 4.96. The maximum atomic E-state index is 2.47. The topological polar surface area (TPSA) is 3.24 Å². The summed E-state index contributed by atoms with van der Waals surface area (Å²) in [4.78, 5) is 2.47. The summed E-state index contributed by atoms with van der Waals surface area (Å²) in [5.41, 5.74) is 0. The van der Waals surface area contributed by atoms with Crippen LogP contribution in [0.2, 0.25) is 0 Å². The second-order valence-electron chi connectivity index (χ2n) is 3.93. The van der Waals surface area contributed by atoms with E-state index in [1.807, 2.05) is 0 Å². The lowest BCUT2D eigenvalue weighted by atomic mass is 10.2. The summed E-state index contributed by atoms with van der Waals surface area (Å²) in [7, 11) is 2.24. The molecular weight excluding hydrogens is 134 g/mol. The molecule has 0 aromatic rings. The molecule has 1 aliphatic carbocycles. The van der Waals surface area contributed by atoms with Crippen LogP contribution in [0.3, 0.4) is 0 Å². The van der Waals surface area contributed by atoms with Crippen molar-refractivity contribution in [2.75, 3.05) is 20.1 Å². The van der Waals surface area contributed by atoms with E-state index in [9.17, 15) is 0 Å². The second kappa shape index (κ2) is 4.10. The van der Waals surface area contributed by atoms with E-state index < -0.39 is 0 Å². The second-order valence-corrected chi connectivity index (χ2v) is 3.93. The fraction of sp³-hybridized carbons (Fsp3) is 1.00. The number of rotatable bonds is 5. The molecule has 0 aromatic carbocycles. The Balaban J connectivity index is 2.03. The van der Waals surface area contributed by atoms with Crippen LogP contribution in [-0.4, -0.2) is 25.0 Å². The van der Waals surface area contributed by atoms with Gasteiger partial charge in [-0.05, 0) is 38.3 Å². The maximum absolute atomic E-state index is 2.47. The molecule has 0 heterocycles. The molecular formula is C10H21N. The highest BCUT2D eigenvalue weighted by atomic mass is 15.1. The molecule has 2 atom stereocenters. The Kier molecular flexibility index (Phi) is 3.38. The lowest BCUT2D eigenvalue weighted by molar-refractivity contribution is 0.313. The number of hydrogen-bond acceptors (Lipinski definition) is 1. The largest absolute Gasteiger partial charge is 0.306 e. The zero-order valence-electron chi connectivity index (χ0n) is 8.14. The van der Waals surface area contributed by atoms with Crippen molar-refractivity contribution < 1.29 is 0 Å². The molecule has 2 unspecified atom stereocenters. The summed E-state index contributed by atoms with van der Waals surface area (Å²) in [5, 5.41) is 0. The van der Waals surface area contributed by atoms with E-state index in [0.29, 0.717) is 0 Å². The molecule has 0 bridgehead atoms. The van der Waals surface area contributed by atoms with Crippen molar-refractivity contribution in [3.63, 3.8) is 0 Å². The molecule has 1 aliphatic rings. The van der Waals surface area contributed by atoms with Crippen LogP contribution in [0.4, 0.5) is 0 Å². The van der Waals surface area contributed by atoms with Crippen LogP contribution in [0.25, 0.3) is 0 Å². The summed E-state index contributed by atoms with van der Waals surface area (Å²) in [5.74, 6) is 2.10. The minimum atomic E-state index is 1.04. The molecule has 1 nitrogen and oxygen atoms in total. The SMILES string of the molecule is CCCN(C)CC1CC1CC. The Hall–Kier alpha value is -0.0400. The predicted octanol–water partition coefficient (Wildman–Crippen LogP) is 2.37. The molecule has 0 aliphatic heterocycles. The van der Waals surface area contributed by atoms with Gasteiger partial charge in [0, 0.05) is 6.54 Å². The lowest BCUT2D eigenvalue weighted by Crippen LogP contribution is -2.22. The molecule has 66 valence electrons. The number of nitrogens with zero attached hydrogens (tertiary/aromatic N) is 1. The maximum Gasteiger partial charge on any atom is 0.000936 e. The van der Waals surface area contributed by atoms with Gasteiger partial charge < -0.3 is 4.90 Å². The van der Waals surface area contributed by atoms with Crippen molar-refractivity contribution >= 4 is 0 Å².